The lowest BCUT2D eigenvalue weighted by Gasteiger charge is -2.33. The molecule has 1 rings (SSSR count). The van der Waals surface area contributed by atoms with Crippen LogP contribution in [0, 0.1) is 11.8 Å². The van der Waals surface area contributed by atoms with Gasteiger partial charge in [0.05, 0.1) is 0 Å². The van der Waals surface area contributed by atoms with Gasteiger partial charge in [-0.1, -0.05) is 6.92 Å². The molecule has 3 N–H and O–H groups in total. The van der Waals surface area contributed by atoms with E-state index in [1.165, 1.54) is 12.8 Å². The summed E-state index contributed by atoms with van der Waals surface area (Å²) >= 11 is 0. The van der Waals surface area contributed by atoms with Crippen molar-refractivity contribution < 1.29 is 4.79 Å². The van der Waals surface area contributed by atoms with Gasteiger partial charge in [-0.15, -0.1) is 0 Å². The van der Waals surface area contributed by atoms with E-state index in [4.69, 9.17) is 5.73 Å². The van der Waals surface area contributed by atoms with E-state index in [-0.39, 0.29) is 11.8 Å². The number of primary amides is 1. The number of nitrogens with one attached hydrogen (secondary N) is 1. The molecule has 0 spiro atoms. The summed E-state index contributed by atoms with van der Waals surface area (Å²) in [5.74, 6) is 0.456. The van der Waals surface area contributed by atoms with Gasteiger partial charge in [0.2, 0.25) is 5.91 Å². The summed E-state index contributed by atoms with van der Waals surface area (Å²) in [5, 5.41) is 3.44. The second kappa shape index (κ2) is 6.97. The third-order valence-electron chi connectivity index (χ3n) is 3.62. The van der Waals surface area contributed by atoms with Crippen LogP contribution in [0.4, 0.5) is 0 Å². The highest BCUT2D eigenvalue weighted by molar-refractivity contribution is 5.76. The Morgan fingerprint density at radius 3 is 2.65 bits per heavy atom. The van der Waals surface area contributed by atoms with Crippen LogP contribution < -0.4 is 11.1 Å². The van der Waals surface area contributed by atoms with Crippen molar-refractivity contribution in [3.05, 3.63) is 0 Å². The molecule has 0 radical (unpaired) electrons. The number of hydrogen-bond donors (Lipinski definition) is 2. The van der Waals surface area contributed by atoms with Crippen molar-refractivity contribution in [1.29, 1.82) is 0 Å². The number of hydrogen-bond acceptors (Lipinski definition) is 3. The molecule has 0 aromatic carbocycles. The molecule has 0 aromatic heterocycles. The molecule has 1 heterocycles. The fourth-order valence-corrected chi connectivity index (χ4v) is 2.35. The first-order valence-electron chi connectivity index (χ1n) is 6.74. The minimum atomic E-state index is -0.197. The number of nitrogens with zero attached hydrogens (tertiary/aromatic N) is 1. The van der Waals surface area contributed by atoms with Gasteiger partial charge in [0.15, 0.2) is 0 Å². The maximum Gasteiger partial charge on any atom is 0.221 e. The lowest BCUT2D eigenvalue weighted by atomic mass is 9.98. The topological polar surface area (TPSA) is 58.4 Å². The molecule has 0 bridgehead atoms. The predicted molar refractivity (Wildman–Crippen MR) is 70.7 cm³/mol. The van der Waals surface area contributed by atoms with Crippen molar-refractivity contribution in [2.45, 2.75) is 39.7 Å². The molecular weight excluding hydrogens is 214 g/mol. The summed E-state index contributed by atoms with van der Waals surface area (Å²) < 4.78 is 0. The molecule has 100 valence electrons. The molecule has 2 atom stereocenters. The second-order valence-electron chi connectivity index (χ2n) is 5.56. The fourth-order valence-electron chi connectivity index (χ4n) is 2.35. The maximum absolute atomic E-state index is 11.1. The third-order valence-corrected chi connectivity index (χ3v) is 3.62. The van der Waals surface area contributed by atoms with Gasteiger partial charge in [-0.3, -0.25) is 9.69 Å². The molecule has 4 nitrogen and oxygen atoms in total. The first kappa shape index (κ1) is 14.5. The van der Waals surface area contributed by atoms with E-state index in [9.17, 15) is 4.79 Å². The third kappa shape index (κ3) is 5.04. The standard InChI is InChI=1S/C13H27N3O/c1-10(2)16(8-11(3)13(14)17)9-12-5-4-6-15-7-12/h10-12,15H,4-9H2,1-3H3,(H2,14,17). The van der Waals surface area contributed by atoms with Crippen LogP contribution in [-0.4, -0.2) is 43.0 Å². The Balaban J connectivity index is 2.44. The Morgan fingerprint density at radius 2 is 2.18 bits per heavy atom. The largest absolute Gasteiger partial charge is 0.369 e. The number of rotatable bonds is 6. The van der Waals surface area contributed by atoms with Crippen LogP contribution in [0.5, 0.6) is 0 Å². The molecule has 1 amide bonds. The molecule has 17 heavy (non-hydrogen) atoms. The van der Waals surface area contributed by atoms with E-state index in [2.05, 4.69) is 24.1 Å². The molecule has 0 aromatic rings. The molecular formula is C13H27N3O. The summed E-state index contributed by atoms with van der Waals surface area (Å²) in [5.41, 5.74) is 5.34. The molecule has 4 heteroatoms. The van der Waals surface area contributed by atoms with Crippen LogP contribution in [0.25, 0.3) is 0 Å². The Kier molecular flexibility index (Phi) is 5.92. The normalized spacial score (nSPS) is 23.0. The van der Waals surface area contributed by atoms with Crippen LogP contribution in [0.3, 0.4) is 0 Å². The lowest BCUT2D eigenvalue weighted by molar-refractivity contribution is -0.122. The van der Waals surface area contributed by atoms with E-state index in [1.807, 2.05) is 6.92 Å². The van der Waals surface area contributed by atoms with E-state index in [1.54, 1.807) is 0 Å². The van der Waals surface area contributed by atoms with Crippen molar-refractivity contribution in [3.63, 3.8) is 0 Å². The molecule has 0 saturated carbocycles. The van der Waals surface area contributed by atoms with Crippen LogP contribution in [0.15, 0.2) is 0 Å². The Labute approximate surface area is 105 Å². The SMILES string of the molecule is CC(CN(CC1CCCNC1)C(C)C)C(N)=O. The van der Waals surface area contributed by atoms with Gasteiger partial charge in [-0.05, 0) is 45.7 Å². The number of amides is 1. The molecule has 1 aliphatic heterocycles. The predicted octanol–water partition coefficient (Wildman–Crippen LogP) is 0.818. The minimum Gasteiger partial charge on any atom is -0.369 e. The highest BCUT2D eigenvalue weighted by Crippen LogP contribution is 2.14. The lowest BCUT2D eigenvalue weighted by Crippen LogP contribution is -2.44. The quantitative estimate of drug-likeness (QED) is 0.724. The van der Waals surface area contributed by atoms with Crippen molar-refractivity contribution in [2.24, 2.45) is 17.6 Å². The highest BCUT2D eigenvalue weighted by atomic mass is 16.1. The summed E-state index contributed by atoms with van der Waals surface area (Å²) in [7, 11) is 0. The average molecular weight is 241 g/mol. The summed E-state index contributed by atoms with van der Waals surface area (Å²) in [6, 6.07) is 0.471. The van der Waals surface area contributed by atoms with Gasteiger partial charge >= 0.3 is 0 Å². The van der Waals surface area contributed by atoms with E-state index < -0.39 is 0 Å². The van der Waals surface area contributed by atoms with Crippen LogP contribution >= 0.6 is 0 Å². The zero-order valence-electron chi connectivity index (χ0n) is 11.4. The summed E-state index contributed by atoms with van der Waals surface area (Å²) in [4.78, 5) is 13.5. The van der Waals surface area contributed by atoms with Gasteiger partial charge < -0.3 is 11.1 Å². The second-order valence-corrected chi connectivity index (χ2v) is 5.56. The van der Waals surface area contributed by atoms with Crippen LogP contribution in [0.1, 0.15) is 33.6 Å². The first-order valence-corrected chi connectivity index (χ1v) is 6.74. The summed E-state index contributed by atoms with van der Waals surface area (Å²) in [6.45, 7) is 10.4. The fraction of sp³-hybridized carbons (Fsp3) is 0.923. The number of carbonyl (C=O) groups is 1. The van der Waals surface area contributed by atoms with E-state index >= 15 is 0 Å². The van der Waals surface area contributed by atoms with Gasteiger partial charge in [0.25, 0.3) is 0 Å². The van der Waals surface area contributed by atoms with Gasteiger partial charge in [-0.2, -0.15) is 0 Å². The van der Waals surface area contributed by atoms with Gasteiger partial charge in [0.1, 0.15) is 0 Å². The molecule has 1 saturated heterocycles. The van der Waals surface area contributed by atoms with Crippen molar-refractivity contribution in [2.75, 3.05) is 26.2 Å². The zero-order chi connectivity index (χ0) is 12.8. The first-order chi connectivity index (χ1) is 8.00. The van der Waals surface area contributed by atoms with Crippen molar-refractivity contribution in [1.82, 2.24) is 10.2 Å². The molecule has 2 unspecified atom stereocenters. The Morgan fingerprint density at radius 1 is 1.47 bits per heavy atom. The van der Waals surface area contributed by atoms with Crippen molar-refractivity contribution >= 4 is 5.91 Å². The number of piperidine rings is 1. The Hall–Kier alpha value is -0.610. The van der Waals surface area contributed by atoms with Crippen LogP contribution in [-0.2, 0) is 4.79 Å². The molecule has 0 aliphatic carbocycles. The maximum atomic E-state index is 11.1. The molecule has 1 fully saturated rings. The number of nitrogens with two attached hydrogens (primary N) is 1. The van der Waals surface area contributed by atoms with Crippen molar-refractivity contribution in [3.8, 4) is 0 Å². The van der Waals surface area contributed by atoms with Gasteiger partial charge in [0, 0.05) is 25.0 Å². The average Bonchev–Trinajstić information content (AvgIpc) is 2.29. The van der Waals surface area contributed by atoms with E-state index in [0.717, 1.165) is 26.2 Å². The highest BCUT2D eigenvalue weighted by Gasteiger charge is 2.21. The van der Waals surface area contributed by atoms with Crippen LogP contribution in [0.2, 0.25) is 0 Å². The Bertz CT molecular complexity index is 237. The molecule has 1 aliphatic rings. The zero-order valence-corrected chi connectivity index (χ0v) is 11.4. The smallest absolute Gasteiger partial charge is 0.221 e. The monoisotopic (exact) mass is 241 g/mol. The van der Waals surface area contributed by atoms with Gasteiger partial charge in [-0.25, -0.2) is 0 Å². The summed E-state index contributed by atoms with van der Waals surface area (Å²) in [6.07, 6.45) is 2.56. The number of carbonyl (C=O) groups excluding carboxylic acids is 1. The van der Waals surface area contributed by atoms with E-state index in [0.29, 0.717) is 12.0 Å². The minimum absolute atomic E-state index is 0.0612.